The fraction of sp³-hybridized carbons (Fsp3) is 0.533. The number of amides is 2. The summed E-state index contributed by atoms with van der Waals surface area (Å²) in [5.74, 6) is 0.528. The summed E-state index contributed by atoms with van der Waals surface area (Å²) >= 11 is 0. The summed E-state index contributed by atoms with van der Waals surface area (Å²) in [6, 6.07) is 7.43. The van der Waals surface area contributed by atoms with Gasteiger partial charge in [0.2, 0.25) is 0 Å². The Morgan fingerprint density at radius 3 is 2.81 bits per heavy atom. The molecule has 1 aromatic carbocycles. The van der Waals surface area contributed by atoms with Gasteiger partial charge in [-0.2, -0.15) is 0 Å². The van der Waals surface area contributed by atoms with Gasteiger partial charge in [-0.25, -0.2) is 4.79 Å². The predicted molar refractivity (Wildman–Crippen MR) is 84.8 cm³/mol. The maximum absolute atomic E-state index is 12.4. The van der Waals surface area contributed by atoms with E-state index in [0.29, 0.717) is 25.4 Å². The molecule has 21 heavy (non-hydrogen) atoms. The average molecular weight is 310 g/mol. The molecule has 0 unspecified atom stereocenters. The Labute approximate surface area is 128 Å². The van der Waals surface area contributed by atoms with Gasteiger partial charge >= 0.3 is 6.03 Å². The van der Waals surface area contributed by atoms with Crippen molar-refractivity contribution in [2.45, 2.75) is 25.2 Å². The molecule has 1 aliphatic heterocycles. The number of hydrogen-bond acceptors (Lipinski definition) is 3. The first-order chi connectivity index (χ1) is 9.94. The van der Waals surface area contributed by atoms with Gasteiger partial charge in [-0.3, -0.25) is 4.21 Å². The van der Waals surface area contributed by atoms with E-state index in [-0.39, 0.29) is 10.8 Å². The number of methoxy groups -OCH3 is 1. The molecule has 2 amide bonds. The Kier molecular flexibility index (Phi) is 5.00. The summed E-state index contributed by atoms with van der Waals surface area (Å²) in [6.07, 6.45) is 0. The van der Waals surface area contributed by atoms with E-state index in [4.69, 9.17) is 4.74 Å². The van der Waals surface area contributed by atoms with Gasteiger partial charge in [0, 0.05) is 48.0 Å². The van der Waals surface area contributed by atoms with E-state index in [1.807, 2.05) is 38.1 Å². The van der Waals surface area contributed by atoms with Crippen molar-refractivity contribution in [2.75, 3.05) is 31.3 Å². The zero-order valence-electron chi connectivity index (χ0n) is 12.7. The predicted octanol–water partition coefficient (Wildman–Crippen LogP) is 2.21. The van der Waals surface area contributed by atoms with E-state index in [2.05, 4.69) is 5.32 Å². The van der Waals surface area contributed by atoms with Gasteiger partial charge in [-0.15, -0.1) is 0 Å². The zero-order valence-corrected chi connectivity index (χ0v) is 13.5. The highest BCUT2D eigenvalue weighted by molar-refractivity contribution is 7.86. The minimum absolute atomic E-state index is 0.150. The number of anilines is 1. The number of rotatable bonds is 3. The lowest BCUT2D eigenvalue weighted by atomic mass is 10.2. The average Bonchev–Trinajstić information content (AvgIpc) is 2.44. The minimum atomic E-state index is -0.883. The highest BCUT2D eigenvalue weighted by Gasteiger charge is 2.35. The van der Waals surface area contributed by atoms with E-state index < -0.39 is 10.8 Å². The Balaban J connectivity index is 2.07. The molecule has 0 aromatic heterocycles. The number of hydrogen-bond donors (Lipinski definition) is 1. The molecule has 0 aliphatic carbocycles. The first kappa shape index (κ1) is 16.0. The van der Waals surface area contributed by atoms with Gasteiger partial charge < -0.3 is 15.0 Å². The second kappa shape index (κ2) is 6.58. The van der Waals surface area contributed by atoms with Crippen LogP contribution in [0.2, 0.25) is 0 Å². The van der Waals surface area contributed by atoms with E-state index in [1.54, 1.807) is 12.0 Å². The first-order valence-corrected chi connectivity index (χ1v) is 8.27. The molecule has 6 heteroatoms. The molecule has 0 radical (unpaired) electrons. The number of benzene rings is 1. The lowest BCUT2D eigenvalue weighted by Crippen LogP contribution is -2.53. The number of carbonyl (C=O) groups excluding carboxylic acids is 1. The number of ether oxygens (including phenoxy) is 1. The second-order valence-electron chi connectivity index (χ2n) is 5.75. The Morgan fingerprint density at radius 2 is 2.14 bits per heavy atom. The number of para-hydroxylation sites is 1. The molecular weight excluding hydrogens is 288 g/mol. The molecule has 1 aliphatic rings. The summed E-state index contributed by atoms with van der Waals surface area (Å²) in [4.78, 5) is 14.1. The highest BCUT2D eigenvalue weighted by atomic mass is 32.2. The van der Waals surface area contributed by atoms with Crippen molar-refractivity contribution in [3.63, 3.8) is 0 Å². The van der Waals surface area contributed by atoms with Crippen molar-refractivity contribution in [3.05, 3.63) is 29.8 Å². The summed E-state index contributed by atoms with van der Waals surface area (Å²) in [5, 5.41) is 2.93. The quantitative estimate of drug-likeness (QED) is 0.931. The summed E-state index contributed by atoms with van der Waals surface area (Å²) in [6.45, 7) is 5.33. The van der Waals surface area contributed by atoms with Crippen LogP contribution in [0.4, 0.5) is 10.5 Å². The maximum atomic E-state index is 12.4. The fourth-order valence-electron chi connectivity index (χ4n) is 2.37. The Morgan fingerprint density at radius 1 is 1.43 bits per heavy atom. The third-order valence-corrected chi connectivity index (χ3v) is 5.50. The topological polar surface area (TPSA) is 58.6 Å². The van der Waals surface area contributed by atoms with Crippen LogP contribution in [0, 0.1) is 0 Å². The van der Waals surface area contributed by atoms with E-state index in [9.17, 15) is 9.00 Å². The van der Waals surface area contributed by atoms with Crippen molar-refractivity contribution < 1.29 is 13.7 Å². The molecule has 1 atom stereocenters. The van der Waals surface area contributed by atoms with Crippen LogP contribution in [0.15, 0.2) is 24.3 Å². The number of nitrogens with zero attached hydrogens (tertiary/aromatic N) is 1. The Bertz CT molecular complexity index is 545. The van der Waals surface area contributed by atoms with Crippen LogP contribution in [0.1, 0.15) is 19.4 Å². The SMILES string of the molecule is COCc1ccccc1NC(=O)N1CC[S@@](=O)C(C)(C)C1. The van der Waals surface area contributed by atoms with Gasteiger partial charge in [-0.1, -0.05) is 18.2 Å². The Hall–Kier alpha value is -1.40. The van der Waals surface area contributed by atoms with Gasteiger partial charge in [0.25, 0.3) is 0 Å². The normalized spacial score (nSPS) is 21.1. The van der Waals surface area contributed by atoms with E-state index >= 15 is 0 Å². The van der Waals surface area contributed by atoms with Gasteiger partial charge in [-0.05, 0) is 19.9 Å². The molecule has 1 N–H and O–H groups in total. The highest BCUT2D eigenvalue weighted by Crippen LogP contribution is 2.22. The summed E-state index contributed by atoms with van der Waals surface area (Å²) in [5.41, 5.74) is 1.70. The molecule has 116 valence electrons. The van der Waals surface area contributed by atoms with Crippen LogP contribution in [-0.2, 0) is 22.1 Å². The smallest absolute Gasteiger partial charge is 0.321 e. The van der Waals surface area contributed by atoms with Crippen LogP contribution in [0.25, 0.3) is 0 Å². The molecule has 5 nitrogen and oxygen atoms in total. The van der Waals surface area contributed by atoms with Crippen molar-refractivity contribution in [3.8, 4) is 0 Å². The monoisotopic (exact) mass is 310 g/mol. The molecule has 1 saturated heterocycles. The largest absolute Gasteiger partial charge is 0.380 e. The first-order valence-electron chi connectivity index (χ1n) is 6.95. The van der Waals surface area contributed by atoms with Crippen LogP contribution < -0.4 is 5.32 Å². The van der Waals surface area contributed by atoms with Crippen molar-refractivity contribution >= 4 is 22.5 Å². The molecule has 0 bridgehead atoms. The van der Waals surface area contributed by atoms with Gasteiger partial charge in [0.15, 0.2) is 0 Å². The third kappa shape index (κ3) is 3.83. The molecule has 2 rings (SSSR count). The van der Waals surface area contributed by atoms with Crippen LogP contribution in [0.3, 0.4) is 0 Å². The zero-order chi connectivity index (χ0) is 15.5. The van der Waals surface area contributed by atoms with Crippen molar-refractivity contribution in [1.29, 1.82) is 0 Å². The maximum Gasteiger partial charge on any atom is 0.321 e. The van der Waals surface area contributed by atoms with Gasteiger partial charge in [0.05, 0.1) is 11.4 Å². The van der Waals surface area contributed by atoms with Gasteiger partial charge in [0.1, 0.15) is 0 Å². The number of urea groups is 1. The summed E-state index contributed by atoms with van der Waals surface area (Å²) < 4.78 is 16.7. The lowest BCUT2D eigenvalue weighted by molar-refractivity contribution is 0.185. The molecule has 1 aromatic rings. The lowest BCUT2D eigenvalue weighted by Gasteiger charge is -2.37. The molecular formula is C15H22N2O3S. The molecule has 0 saturated carbocycles. The van der Waals surface area contributed by atoms with Crippen LogP contribution in [0.5, 0.6) is 0 Å². The third-order valence-electron chi connectivity index (χ3n) is 3.58. The number of nitrogens with one attached hydrogen (secondary N) is 1. The second-order valence-corrected chi connectivity index (χ2v) is 7.96. The van der Waals surface area contributed by atoms with E-state index in [1.165, 1.54) is 0 Å². The number of carbonyl (C=O) groups is 1. The molecule has 0 spiro atoms. The van der Waals surface area contributed by atoms with E-state index in [0.717, 1.165) is 11.3 Å². The summed E-state index contributed by atoms with van der Waals surface area (Å²) in [7, 11) is 0.743. The fourth-order valence-corrected chi connectivity index (χ4v) is 3.61. The van der Waals surface area contributed by atoms with Crippen molar-refractivity contribution in [2.24, 2.45) is 0 Å². The minimum Gasteiger partial charge on any atom is -0.380 e. The standard InChI is InChI=1S/C15H22N2O3S/c1-15(2)11-17(8-9-21(15)19)14(18)16-13-7-5-4-6-12(13)10-20-3/h4-7H,8-11H2,1-3H3,(H,16,18)/t21-/m1/s1. The van der Waals surface area contributed by atoms with Crippen molar-refractivity contribution in [1.82, 2.24) is 4.90 Å². The van der Waals surface area contributed by atoms with Crippen LogP contribution in [-0.4, -0.2) is 45.8 Å². The van der Waals surface area contributed by atoms with Crippen LogP contribution >= 0.6 is 0 Å². The molecule has 1 heterocycles. The molecule has 1 fully saturated rings.